The van der Waals surface area contributed by atoms with Crippen LogP contribution < -0.4 is 5.32 Å². The first-order chi connectivity index (χ1) is 11.4. The van der Waals surface area contributed by atoms with E-state index in [0.717, 1.165) is 17.3 Å². The average Bonchev–Trinajstić information content (AvgIpc) is 2.53. The van der Waals surface area contributed by atoms with E-state index in [9.17, 15) is 19.5 Å². The van der Waals surface area contributed by atoms with Gasteiger partial charge in [0.15, 0.2) is 6.04 Å². The monoisotopic (exact) mass is 348 g/mol. The quantitative estimate of drug-likeness (QED) is 0.705. The van der Waals surface area contributed by atoms with E-state index < -0.39 is 29.3 Å². The summed E-state index contributed by atoms with van der Waals surface area (Å²) >= 11 is 1.13. The van der Waals surface area contributed by atoms with Crippen molar-refractivity contribution in [1.29, 1.82) is 0 Å². The summed E-state index contributed by atoms with van der Waals surface area (Å²) in [6.07, 6.45) is 0.0320. The number of aliphatic carboxylic acids is 2. The van der Waals surface area contributed by atoms with E-state index in [1.165, 1.54) is 0 Å². The van der Waals surface area contributed by atoms with Gasteiger partial charge < -0.3 is 15.5 Å². The minimum atomic E-state index is -1.31. The van der Waals surface area contributed by atoms with Crippen molar-refractivity contribution in [3.05, 3.63) is 48.0 Å². The van der Waals surface area contributed by atoms with Crippen LogP contribution in [0.3, 0.4) is 0 Å². The van der Waals surface area contributed by atoms with E-state index in [4.69, 9.17) is 5.11 Å². The van der Waals surface area contributed by atoms with Crippen molar-refractivity contribution >= 4 is 35.3 Å². The Hall–Kier alpha value is -2.61. The summed E-state index contributed by atoms with van der Waals surface area (Å²) in [7, 11) is 0. The molecule has 1 aromatic rings. The molecule has 1 aliphatic heterocycles. The van der Waals surface area contributed by atoms with Gasteiger partial charge in [0.05, 0.1) is 6.42 Å². The second-order valence-electron chi connectivity index (χ2n) is 5.13. The molecule has 2 rings (SSSR count). The van der Waals surface area contributed by atoms with Crippen LogP contribution in [0.5, 0.6) is 0 Å². The fraction of sp³-hybridized carbons (Fsp3) is 0.250. The molecule has 1 aliphatic rings. The molecular formula is C16H16N2O5S. The van der Waals surface area contributed by atoms with Crippen LogP contribution in [0.15, 0.2) is 47.5 Å². The number of carboxylic acid groups (broad SMARTS) is 2. The number of carbonyl (C=O) groups is 3. The fourth-order valence-corrected chi connectivity index (χ4v) is 3.21. The van der Waals surface area contributed by atoms with Crippen LogP contribution in [0.25, 0.3) is 0 Å². The summed E-state index contributed by atoms with van der Waals surface area (Å²) in [5.74, 6) is -2.75. The van der Waals surface area contributed by atoms with Gasteiger partial charge in [-0.3, -0.25) is 9.79 Å². The zero-order valence-electron chi connectivity index (χ0n) is 12.6. The van der Waals surface area contributed by atoms with Gasteiger partial charge >= 0.3 is 11.9 Å². The van der Waals surface area contributed by atoms with Crippen molar-refractivity contribution in [1.82, 2.24) is 5.32 Å². The van der Waals surface area contributed by atoms with E-state index in [2.05, 4.69) is 16.9 Å². The van der Waals surface area contributed by atoms with Gasteiger partial charge in [-0.15, -0.1) is 11.8 Å². The molecule has 126 valence electrons. The number of aliphatic imine (C=N–C) groups is 1. The molecule has 0 spiro atoms. The van der Waals surface area contributed by atoms with Crippen LogP contribution in [-0.4, -0.2) is 50.9 Å². The lowest BCUT2D eigenvalue weighted by atomic mass is 10.1. The highest BCUT2D eigenvalue weighted by Crippen LogP contribution is 2.25. The number of benzene rings is 1. The largest absolute Gasteiger partial charge is 0.480 e. The molecule has 1 aromatic carbocycles. The smallest absolute Gasteiger partial charge is 0.354 e. The highest BCUT2D eigenvalue weighted by Gasteiger charge is 2.34. The Morgan fingerprint density at radius 1 is 1.29 bits per heavy atom. The van der Waals surface area contributed by atoms with Gasteiger partial charge in [0.2, 0.25) is 5.91 Å². The second kappa shape index (κ2) is 7.78. The lowest BCUT2D eigenvalue weighted by molar-refractivity contribution is -0.141. The van der Waals surface area contributed by atoms with E-state index in [1.807, 2.05) is 6.07 Å². The molecule has 0 aliphatic carbocycles. The van der Waals surface area contributed by atoms with Crippen molar-refractivity contribution in [3.63, 3.8) is 0 Å². The molecule has 2 unspecified atom stereocenters. The molecule has 0 bridgehead atoms. The van der Waals surface area contributed by atoms with Crippen molar-refractivity contribution in [2.45, 2.75) is 17.8 Å². The van der Waals surface area contributed by atoms with E-state index in [1.54, 1.807) is 24.3 Å². The standard InChI is InChI=1S/C16H16N2O5S/c1-9-8-24-14(18-12(9)15(20)21)13(16(22)23)17-11(19)7-10-5-3-2-4-6-10/h2-6,13-14H,1,7-8H2,(H,17,19)(H,20,21)(H,22,23). The summed E-state index contributed by atoms with van der Waals surface area (Å²) in [6.45, 7) is 3.61. The van der Waals surface area contributed by atoms with E-state index >= 15 is 0 Å². The number of nitrogens with zero attached hydrogens (tertiary/aromatic N) is 1. The molecule has 0 saturated carbocycles. The van der Waals surface area contributed by atoms with Crippen molar-refractivity contribution in [2.75, 3.05) is 5.75 Å². The lowest BCUT2D eigenvalue weighted by Crippen LogP contribution is -2.49. The third kappa shape index (κ3) is 4.45. The third-order valence-corrected chi connectivity index (χ3v) is 4.53. The predicted octanol–water partition coefficient (Wildman–Crippen LogP) is 0.953. The summed E-state index contributed by atoms with van der Waals surface area (Å²) in [4.78, 5) is 38.6. The van der Waals surface area contributed by atoms with Gasteiger partial charge in [-0.05, 0) is 11.1 Å². The number of amides is 1. The number of thioether (sulfide) groups is 1. The van der Waals surface area contributed by atoms with Gasteiger partial charge in [0.1, 0.15) is 11.1 Å². The molecule has 0 radical (unpaired) electrons. The van der Waals surface area contributed by atoms with Crippen LogP contribution in [-0.2, 0) is 20.8 Å². The molecule has 3 N–H and O–H groups in total. The number of carbonyl (C=O) groups excluding carboxylic acids is 1. The Kier molecular flexibility index (Phi) is 5.75. The molecule has 1 heterocycles. The zero-order valence-corrected chi connectivity index (χ0v) is 13.5. The topological polar surface area (TPSA) is 116 Å². The molecular weight excluding hydrogens is 332 g/mol. The third-order valence-electron chi connectivity index (χ3n) is 3.30. The zero-order chi connectivity index (χ0) is 17.7. The Morgan fingerprint density at radius 3 is 2.54 bits per heavy atom. The molecule has 0 aromatic heterocycles. The van der Waals surface area contributed by atoms with Gasteiger partial charge in [-0.1, -0.05) is 36.9 Å². The van der Waals surface area contributed by atoms with Crippen LogP contribution >= 0.6 is 11.8 Å². The Balaban J connectivity index is 2.12. The molecule has 1 amide bonds. The van der Waals surface area contributed by atoms with Crippen molar-refractivity contribution in [2.24, 2.45) is 4.99 Å². The maximum Gasteiger partial charge on any atom is 0.354 e. The normalized spacial score (nSPS) is 18.4. The highest BCUT2D eigenvalue weighted by molar-refractivity contribution is 8.00. The number of carboxylic acids is 2. The van der Waals surface area contributed by atoms with Crippen LogP contribution in [0.2, 0.25) is 0 Å². The van der Waals surface area contributed by atoms with Gasteiger partial charge in [0.25, 0.3) is 0 Å². The van der Waals surface area contributed by atoms with E-state index in [-0.39, 0.29) is 17.9 Å². The molecule has 7 nitrogen and oxygen atoms in total. The summed E-state index contributed by atoms with van der Waals surface area (Å²) in [5.41, 5.74) is 0.823. The SMILES string of the molecule is C=C1CSC(C(NC(=O)Cc2ccccc2)C(=O)O)N=C1C(=O)O. The molecule has 0 fully saturated rings. The van der Waals surface area contributed by atoms with Crippen LogP contribution in [0.4, 0.5) is 0 Å². The number of hydrogen-bond donors (Lipinski definition) is 3. The minimum Gasteiger partial charge on any atom is -0.480 e. The number of nitrogens with one attached hydrogen (secondary N) is 1. The first kappa shape index (κ1) is 17.7. The Bertz CT molecular complexity index is 702. The van der Waals surface area contributed by atoms with Crippen LogP contribution in [0, 0.1) is 0 Å². The first-order valence-corrected chi connectivity index (χ1v) is 8.10. The number of rotatable bonds is 6. The first-order valence-electron chi connectivity index (χ1n) is 7.05. The Morgan fingerprint density at radius 2 is 1.96 bits per heavy atom. The molecule has 24 heavy (non-hydrogen) atoms. The maximum absolute atomic E-state index is 12.1. The predicted molar refractivity (Wildman–Crippen MR) is 90.2 cm³/mol. The van der Waals surface area contributed by atoms with Crippen molar-refractivity contribution < 1.29 is 24.6 Å². The number of hydrogen-bond acceptors (Lipinski definition) is 5. The van der Waals surface area contributed by atoms with Gasteiger partial charge in [-0.25, -0.2) is 9.59 Å². The molecule has 0 saturated heterocycles. The molecule has 2 atom stereocenters. The summed E-state index contributed by atoms with van der Waals surface area (Å²) in [5, 5.41) is 20.0. The second-order valence-corrected chi connectivity index (χ2v) is 6.24. The fourth-order valence-electron chi connectivity index (χ4n) is 2.15. The van der Waals surface area contributed by atoms with Gasteiger partial charge in [-0.2, -0.15) is 0 Å². The summed E-state index contributed by atoms with van der Waals surface area (Å²) in [6, 6.07) is 7.58. The molecule has 8 heteroatoms. The highest BCUT2D eigenvalue weighted by atomic mass is 32.2. The maximum atomic E-state index is 12.1. The van der Waals surface area contributed by atoms with Crippen molar-refractivity contribution in [3.8, 4) is 0 Å². The minimum absolute atomic E-state index is 0.0320. The Labute approximate surface area is 142 Å². The summed E-state index contributed by atoms with van der Waals surface area (Å²) < 4.78 is 0. The average molecular weight is 348 g/mol. The van der Waals surface area contributed by atoms with Crippen LogP contribution in [0.1, 0.15) is 5.56 Å². The van der Waals surface area contributed by atoms with Gasteiger partial charge in [0, 0.05) is 5.75 Å². The van der Waals surface area contributed by atoms with E-state index in [0.29, 0.717) is 5.57 Å². The lowest BCUT2D eigenvalue weighted by Gasteiger charge is -2.25.